The topological polar surface area (TPSA) is 59.8 Å². The second-order valence-electron chi connectivity index (χ2n) is 6.25. The second kappa shape index (κ2) is 6.44. The lowest BCUT2D eigenvalue weighted by molar-refractivity contribution is -0.137. The fourth-order valence-corrected chi connectivity index (χ4v) is 2.65. The third-order valence-corrected chi connectivity index (χ3v) is 3.94. The van der Waals surface area contributed by atoms with Crippen molar-refractivity contribution in [2.75, 3.05) is 5.32 Å². The van der Waals surface area contributed by atoms with E-state index in [9.17, 15) is 18.0 Å². The number of halogens is 3. The maximum absolute atomic E-state index is 12.8. The number of pyridine rings is 1. The molecule has 0 aliphatic rings. The Hall–Kier alpha value is -2.90. The Bertz CT molecular complexity index is 976. The molecular formula is C18H17F3N4O. The maximum atomic E-state index is 12.8. The highest BCUT2D eigenvalue weighted by Crippen LogP contribution is 2.31. The zero-order valence-electron chi connectivity index (χ0n) is 14.4. The first-order valence-electron chi connectivity index (χ1n) is 8.00. The minimum Gasteiger partial charge on any atom is -0.322 e. The molecule has 0 atom stereocenters. The monoisotopic (exact) mass is 362 g/mol. The number of aromatic nitrogens is 3. The molecule has 0 saturated carbocycles. The quantitative estimate of drug-likeness (QED) is 0.741. The Kier molecular flexibility index (Phi) is 4.43. The number of carbonyl (C=O) groups excluding carboxylic acids is 1. The van der Waals surface area contributed by atoms with Crippen molar-refractivity contribution in [2.45, 2.75) is 33.0 Å². The molecular weight excluding hydrogens is 345 g/mol. The molecule has 8 heteroatoms. The fraction of sp³-hybridized carbons (Fsp3) is 0.278. The first kappa shape index (κ1) is 17.9. The van der Waals surface area contributed by atoms with Gasteiger partial charge in [0.15, 0.2) is 5.65 Å². The van der Waals surface area contributed by atoms with Crippen LogP contribution in [0.25, 0.3) is 11.0 Å². The summed E-state index contributed by atoms with van der Waals surface area (Å²) in [4.78, 5) is 17.0. The van der Waals surface area contributed by atoms with Gasteiger partial charge in [-0.25, -0.2) is 9.67 Å². The van der Waals surface area contributed by atoms with Crippen molar-refractivity contribution in [2.24, 2.45) is 0 Å². The first-order valence-corrected chi connectivity index (χ1v) is 8.00. The van der Waals surface area contributed by atoms with Crippen LogP contribution in [0.2, 0.25) is 0 Å². The number of amides is 1. The van der Waals surface area contributed by atoms with Crippen molar-refractivity contribution in [3.8, 4) is 0 Å². The van der Waals surface area contributed by atoms with Gasteiger partial charge in [-0.1, -0.05) is 6.07 Å². The van der Waals surface area contributed by atoms with Gasteiger partial charge in [0.05, 0.1) is 23.0 Å². The summed E-state index contributed by atoms with van der Waals surface area (Å²) in [7, 11) is 0. The van der Waals surface area contributed by atoms with Gasteiger partial charge in [-0.15, -0.1) is 0 Å². The summed E-state index contributed by atoms with van der Waals surface area (Å²) in [5, 5.41) is 7.45. The highest BCUT2D eigenvalue weighted by molar-refractivity contribution is 6.06. The van der Waals surface area contributed by atoms with E-state index < -0.39 is 17.6 Å². The molecule has 3 aromatic rings. The third-order valence-electron chi connectivity index (χ3n) is 3.94. The van der Waals surface area contributed by atoms with Crippen LogP contribution in [0.15, 0.2) is 36.5 Å². The lowest BCUT2D eigenvalue weighted by atomic mass is 10.1. The van der Waals surface area contributed by atoms with E-state index in [0.29, 0.717) is 22.3 Å². The molecule has 5 nitrogen and oxygen atoms in total. The van der Waals surface area contributed by atoms with E-state index in [1.54, 1.807) is 23.9 Å². The van der Waals surface area contributed by atoms with Gasteiger partial charge in [-0.05, 0) is 45.0 Å². The third kappa shape index (κ3) is 3.40. The minimum absolute atomic E-state index is 0.0715. The molecule has 1 amide bonds. The van der Waals surface area contributed by atoms with Crippen LogP contribution in [0.4, 0.5) is 18.9 Å². The van der Waals surface area contributed by atoms with Gasteiger partial charge in [-0.3, -0.25) is 4.79 Å². The van der Waals surface area contributed by atoms with E-state index in [1.165, 1.54) is 12.1 Å². The molecule has 0 aliphatic carbocycles. The SMILES string of the molecule is Cc1nc2c(cnn2C(C)C)cc1C(=O)Nc1cccc(C(F)(F)F)c1. The number of hydrogen-bond acceptors (Lipinski definition) is 3. The summed E-state index contributed by atoms with van der Waals surface area (Å²) in [6.07, 6.45) is -2.86. The molecule has 0 bridgehead atoms. The molecule has 26 heavy (non-hydrogen) atoms. The molecule has 0 fully saturated rings. The summed E-state index contributed by atoms with van der Waals surface area (Å²) in [5.74, 6) is -0.520. The molecule has 0 saturated heterocycles. The Morgan fingerprint density at radius 2 is 1.96 bits per heavy atom. The smallest absolute Gasteiger partial charge is 0.322 e. The molecule has 2 aromatic heterocycles. The van der Waals surface area contributed by atoms with Gasteiger partial charge in [0, 0.05) is 17.1 Å². The summed E-state index contributed by atoms with van der Waals surface area (Å²) < 4.78 is 40.2. The van der Waals surface area contributed by atoms with Crippen LogP contribution < -0.4 is 5.32 Å². The predicted molar refractivity (Wildman–Crippen MR) is 92.0 cm³/mol. The predicted octanol–water partition coefficient (Wildman–Crippen LogP) is 4.59. The van der Waals surface area contributed by atoms with Crippen LogP contribution >= 0.6 is 0 Å². The highest BCUT2D eigenvalue weighted by Gasteiger charge is 2.30. The summed E-state index contributed by atoms with van der Waals surface area (Å²) in [6.45, 7) is 5.62. The van der Waals surface area contributed by atoms with Crippen molar-refractivity contribution >= 4 is 22.6 Å². The van der Waals surface area contributed by atoms with Gasteiger partial charge in [0.1, 0.15) is 0 Å². The Balaban J connectivity index is 1.92. The number of carbonyl (C=O) groups is 1. The second-order valence-corrected chi connectivity index (χ2v) is 6.25. The van der Waals surface area contributed by atoms with Gasteiger partial charge >= 0.3 is 6.18 Å². The number of nitrogens with one attached hydrogen (secondary N) is 1. The van der Waals surface area contributed by atoms with Crippen LogP contribution in [0.1, 0.15) is 41.5 Å². The van der Waals surface area contributed by atoms with Gasteiger partial charge in [-0.2, -0.15) is 18.3 Å². The van der Waals surface area contributed by atoms with Crippen LogP contribution in [-0.4, -0.2) is 20.7 Å². The maximum Gasteiger partial charge on any atom is 0.416 e. The molecule has 0 spiro atoms. The normalized spacial score (nSPS) is 12.0. The molecule has 1 N–H and O–H groups in total. The van der Waals surface area contributed by atoms with Gasteiger partial charge < -0.3 is 5.32 Å². The molecule has 1 aromatic carbocycles. The number of aryl methyl sites for hydroxylation is 1. The lowest BCUT2D eigenvalue weighted by Crippen LogP contribution is -2.15. The average Bonchev–Trinajstić information content (AvgIpc) is 2.96. The average molecular weight is 362 g/mol. The Morgan fingerprint density at radius 1 is 1.23 bits per heavy atom. The highest BCUT2D eigenvalue weighted by atomic mass is 19.4. The zero-order valence-corrected chi connectivity index (χ0v) is 14.4. The van der Waals surface area contributed by atoms with Gasteiger partial charge in [0.2, 0.25) is 0 Å². The number of fused-ring (bicyclic) bond motifs is 1. The molecule has 2 heterocycles. The van der Waals surface area contributed by atoms with E-state index in [4.69, 9.17) is 0 Å². The molecule has 0 unspecified atom stereocenters. The van der Waals surface area contributed by atoms with Crippen LogP contribution in [0, 0.1) is 6.92 Å². The molecule has 136 valence electrons. The first-order chi connectivity index (χ1) is 12.2. The minimum atomic E-state index is -4.47. The Labute approximate surface area is 147 Å². The number of rotatable bonds is 3. The number of hydrogen-bond donors (Lipinski definition) is 1. The van der Waals surface area contributed by atoms with E-state index in [2.05, 4.69) is 15.4 Å². The number of nitrogens with zero attached hydrogens (tertiary/aromatic N) is 3. The Morgan fingerprint density at radius 3 is 2.62 bits per heavy atom. The fourth-order valence-electron chi connectivity index (χ4n) is 2.65. The standard InChI is InChI=1S/C18H17F3N4O/c1-10(2)25-16-12(9-22-25)7-15(11(3)23-16)17(26)24-14-6-4-5-13(8-14)18(19,20)21/h4-10H,1-3H3,(H,24,26). The van der Waals surface area contributed by atoms with E-state index in [-0.39, 0.29) is 11.7 Å². The molecule has 0 radical (unpaired) electrons. The largest absolute Gasteiger partial charge is 0.416 e. The van der Waals surface area contributed by atoms with Crippen LogP contribution in [0.3, 0.4) is 0 Å². The van der Waals surface area contributed by atoms with E-state index >= 15 is 0 Å². The number of anilines is 1. The summed E-state index contributed by atoms with van der Waals surface area (Å²) in [6, 6.07) is 6.27. The van der Waals surface area contributed by atoms with Crippen molar-refractivity contribution in [3.05, 3.63) is 53.3 Å². The van der Waals surface area contributed by atoms with Crippen LogP contribution in [0.5, 0.6) is 0 Å². The van der Waals surface area contributed by atoms with Crippen molar-refractivity contribution < 1.29 is 18.0 Å². The molecule has 0 aliphatic heterocycles. The summed E-state index contributed by atoms with van der Waals surface area (Å²) >= 11 is 0. The summed E-state index contributed by atoms with van der Waals surface area (Å²) in [5.41, 5.74) is 0.678. The van der Waals surface area contributed by atoms with Crippen LogP contribution in [-0.2, 0) is 6.18 Å². The van der Waals surface area contributed by atoms with Gasteiger partial charge in [0.25, 0.3) is 5.91 Å². The van der Waals surface area contributed by atoms with E-state index in [0.717, 1.165) is 12.1 Å². The number of alkyl halides is 3. The molecule has 3 rings (SSSR count). The van der Waals surface area contributed by atoms with E-state index in [1.807, 2.05) is 13.8 Å². The van der Waals surface area contributed by atoms with Crippen molar-refractivity contribution in [3.63, 3.8) is 0 Å². The number of benzene rings is 1. The zero-order chi connectivity index (χ0) is 19.1. The lowest BCUT2D eigenvalue weighted by Gasteiger charge is -2.11. The van der Waals surface area contributed by atoms with Crippen molar-refractivity contribution in [1.82, 2.24) is 14.8 Å². The van der Waals surface area contributed by atoms with Crippen molar-refractivity contribution in [1.29, 1.82) is 0 Å².